The molecule has 0 aliphatic rings. The number of halogens is 2. The lowest BCUT2D eigenvalue weighted by atomic mass is 10.2. The van der Waals surface area contributed by atoms with Gasteiger partial charge in [-0.25, -0.2) is 4.79 Å². The second-order valence-corrected chi connectivity index (χ2v) is 6.87. The number of non-ortho nitro benzene ring substituents is 1. The average molecular weight is 456 g/mol. The number of esters is 1. The molecule has 0 saturated carbocycles. The van der Waals surface area contributed by atoms with Crippen LogP contribution in [0.5, 0.6) is 5.75 Å². The highest BCUT2D eigenvalue weighted by Crippen LogP contribution is 2.28. The Labute approximate surface area is 165 Å². The second-order valence-electron chi connectivity index (χ2n) is 5.58. The Hall–Kier alpha value is -2.65. The van der Waals surface area contributed by atoms with Gasteiger partial charge in [0, 0.05) is 24.1 Å². The monoisotopic (exact) mass is 454 g/mol. The van der Waals surface area contributed by atoms with Crippen molar-refractivity contribution in [2.45, 2.75) is 19.4 Å². The van der Waals surface area contributed by atoms with E-state index in [-0.39, 0.29) is 24.2 Å². The van der Waals surface area contributed by atoms with E-state index in [9.17, 15) is 19.7 Å². The van der Waals surface area contributed by atoms with E-state index in [0.29, 0.717) is 27.2 Å². The normalized spacial score (nSPS) is 10.9. The molecule has 0 N–H and O–H groups in total. The number of rotatable bonds is 6. The molecular weight excluding hydrogens is 444 g/mol. The summed E-state index contributed by atoms with van der Waals surface area (Å²) in [6.45, 7) is 0.209. The van der Waals surface area contributed by atoms with Crippen molar-refractivity contribution in [3.63, 3.8) is 0 Å². The summed E-state index contributed by atoms with van der Waals surface area (Å²) >= 11 is 9.10. The highest BCUT2D eigenvalue weighted by molar-refractivity contribution is 9.10. The lowest BCUT2D eigenvalue weighted by Gasteiger charge is -2.07. The van der Waals surface area contributed by atoms with Crippen molar-refractivity contribution >= 4 is 50.3 Å². The largest absolute Gasteiger partial charge is 0.425 e. The van der Waals surface area contributed by atoms with Gasteiger partial charge in [-0.3, -0.25) is 19.5 Å². The zero-order valence-electron chi connectivity index (χ0n) is 13.7. The standard InChI is InChI=1S/C17H12BrClN2O6/c18-12-8-10(19)3-6-14(12)26-16(22)2-1-7-20-13-5-4-11(21(24)25)9-15(13)27-17(20)23/h3-6,8-9H,1-2,7H2. The maximum atomic E-state index is 12.0. The van der Waals surface area contributed by atoms with Crippen LogP contribution in [0.25, 0.3) is 11.1 Å². The van der Waals surface area contributed by atoms with Gasteiger partial charge in [-0.2, -0.15) is 0 Å². The van der Waals surface area contributed by atoms with Gasteiger partial charge >= 0.3 is 11.7 Å². The van der Waals surface area contributed by atoms with E-state index in [2.05, 4.69) is 15.9 Å². The van der Waals surface area contributed by atoms with Gasteiger partial charge in [-0.05, 0) is 46.6 Å². The molecule has 0 amide bonds. The summed E-state index contributed by atoms with van der Waals surface area (Å²) in [7, 11) is 0. The van der Waals surface area contributed by atoms with Crippen LogP contribution >= 0.6 is 27.5 Å². The molecule has 3 aromatic rings. The molecule has 3 rings (SSSR count). The maximum absolute atomic E-state index is 12.0. The molecule has 0 aliphatic carbocycles. The fraction of sp³-hybridized carbons (Fsp3) is 0.176. The van der Waals surface area contributed by atoms with Crippen LogP contribution < -0.4 is 10.5 Å². The van der Waals surface area contributed by atoms with Gasteiger partial charge in [0.15, 0.2) is 5.58 Å². The number of nitro benzene ring substituents is 1. The first-order valence-electron chi connectivity index (χ1n) is 7.78. The number of hydrogen-bond acceptors (Lipinski definition) is 6. The first kappa shape index (κ1) is 19.1. The van der Waals surface area contributed by atoms with Crippen LogP contribution in [0.4, 0.5) is 5.69 Å². The second kappa shape index (κ2) is 7.93. The van der Waals surface area contributed by atoms with Gasteiger partial charge in [0.25, 0.3) is 5.69 Å². The number of carbonyl (C=O) groups excluding carboxylic acids is 1. The number of ether oxygens (including phenoxy) is 1. The van der Waals surface area contributed by atoms with Crippen molar-refractivity contribution in [2.75, 3.05) is 0 Å². The average Bonchev–Trinajstić information content (AvgIpc) is 2.92. The molecule has 8 nitrogen and oxygen atoms in total. The zero-order valence-corrected chi connectivity index (χ0v) is 16.0. The van der Waals surface area contributed by atoms with Gasteiger partial charge < -0.3 is 9.15 Å². The number of nitrogens with zero attached hydrogens (tertiary/aromatic N) is 2. The molecule has 140 valence electrons. The molecule has 0 saturated heterocycles. The molecule has 0 spiro atoms. The van der Waals surface area contributed by atoms with E-state index >= 15 is 0 Å². The Morgan fingerprint density at radius 3 is 2.78 bits per heavy atom. The molecule has 0 bridgehead atoms. The summed E-state index contributed by atoms with van der Waals surface area (Å²) in [6.07, 6.45) is 0.400. The number of oxazole rings is 1. The summed E-state index contributed by atoms with van der Waals surface area (Å²) in [5.41, 5.74) is 0.391. The first-order chi connectivity index (χ1) is 12.8. The van der Waals surface area contributed by atoms with Gasteiger partial charge in [-0.1, -0.05) is 11.6 Å². The van der Waals surface area contributed by atoms with Crippen LogP contribution in [0.2, 0.25) is 5.02 Å². The molecule has 10 heteroatoms. The number of hydrogen-bond donors (Lipinski definition) is 0. The Morgan fingerprint density at radius 1 is 1.30 bits per heavy atom. The number of fused-ring (bicyclic) bond motifs is 1. The SMILES string of the molecule is O=C(CCCn1c(=O)oc2cc([N+](=O)[O-])ccc21)Oc1ccc(Cl)cc1Br. The summed E-state index contributed by atoms with van der Waals surface area (Å²) in [5.74, 6) is -0.753. The number of aryl methyl sites for hydroxylation is 1. The van der Waals surface area contributed by atoms with E-state index in [1.54, 1.807) is 18.2 Å². The highest BCUT2D eigenvalue weighted by Gasteiger charge is 2.15. The van der Waals surface area contributed by atoms with Crippen molar-refractivity contribution in [2.24, 2.45) is 0 Å². The third kappa shape index (κ3) is 4.37. The van der Waals surface area contributed by atoms with E-state index < -0.39 is 16.6 Å². The molecule has 1 aromatic heterocycles. The van der Waals surface area contributed by atoms with Gasteiger partial charge in [0.2, 0.25) is 0 Å². The Kier molecular flexibility index (Phi) is 5.62. The Balaban J connectivity index is 1.65. The van der Waals surface area contributed by atoms with Crippen molar-refractivity contribution < 1.29 is 18.9 Å². The van der Waals surface area contributed by atoms with Gasteiger partial charge in [-0.15, -0.1) is 0 Å². The van der Waals surface area contributed by atoms with Crippen molar-refractivity contribution in [1.29, 1.82) is 0 Å². The summed E-state index contributed by atoms with van der Waals surface area (Å²) < 4.78 is 12.2. The molecule has 27 heavy (non-hydrogen) atoms. The van der Waals surface area contributed by atoms with Crippen LogP contribution in [0.1, 0.15) is 12.8 Å². The number of nitro groups is 1. The van der Waals surface area contributed by atoms with Crippen molar-refractivity contribution in [3.05, 3.63) is 66.6 Å². The van der Waals surface area contributed by atoms with E-state index in [0.717, 1.165) is 0 Å². The van der Waals surface area contributed by atoms with Gasteiger partial charge in [0.05, 0.1) is 21.0 Å². The smallest absolute Gasteiger partial charge is 0.419 e. The quantitative estimate of drug-likeness (QED) is 0.237. The third-order valence-corrected chi connectivity index (χ3v) is 4.60. The lowest BCUT2D eigenvalue weighted by molar-refractivity contribution is -0.384. The number of benzene rings is 2. The van der Waals surface area contributed by atoms with Crippen LogP contribution in [-0.2, 0) is 11.3 Å². The molecule has 0 unspecified atom stereocenters. The van der Waals surface area contributed by atoms with Crippen LogP contribution in [-0.4, -0.2) is 15.5 Å². The Morgan fingerprint density at radius 2 is 2.07 bits per heavy atom. The molecule has 0 atom stereocenters. The third-order valence-electron chi connectivity index (χ3n) is 3.74. The van der Waals surface area contributed by atoms with Crippen LogP contribution in [0.3, 0.4) is 0 Å². The molecular formula is C17H12BrClN2O6. The van der Waals surface area contributed by atoms with Crippen LogP contribution in [0.15, 0.2) is 50.1 Å². The molecule has 1 heterocycles. The van der Waals surface area contributed by atoms with E-state index in [1.807, 2.05) is 0 Å². The maximum Gasteiger partial charge on any atom is 0.419 e. The van der Waals surface area contributed by atoms with Crippen LogP contribution in [0, 0.1) is 10.1 Å². The van der Waals surface area contributed by atoms with Gasteiger partial charge in [0.1, 0.15) is 5.75 Å². The van der Waals surface area contributed by atoms with E-state index in [4.69, 9.17) is 20.8 Å². The zero-order chi connectivity index (χ0) is 19.6. The molecule has 0 aliphatic heterocycles. The predicted molar refractivity (Wildman–Crippen MR) is 101 cm³/mol. The predicted octanol–water partition coefficient (Wildman–Crippen LogP) is 4.30. The Bertz CT molecular complexity index is 1090. The number of aromatic nitrogens is 1. The minimum atomic E-state index is -0.640. The summed E-state index contributed by atoms with van der Waals surface area (Å²) in [5, 5.41) is 11.3. The van der Waals surface area contributed by atoms with Crippen molar-refractivity contribution in [3.8, 4) is 5.75 Å². The molecule has 0 radical (unpaired) electrons. The topological polar surface area (TPSA) is 105 Å². The first-order valence-corrected chi connectivity index (χ1v) is 8.96. The molecule has 0 fully saturated rings. The summed E-state index contributed by atoms with van der Waals surface area (Å²) in [6, 6.07) is 8.72. The minimum absolute atomic E-state index is 0.0706. The minimum Gasteiger partial charge on any atom is -0.425 e. The molecule has 2 aromatic carbocycles. The highest BCUT2D eigenvalue weighted by atomic mass is 79.9. The number of carbonyl (C=O) groups is 1. The summed E-state index contributed by atoms with van der Waals surface area (Å²) in [4.78, 5) is 34.2. The lowest BCUT2D eigenvalue weighted by Crippen LogP contribution is -2.16. The van der Waals surface area contributed by atoms with E-state index in [1.165, 1.54) is 22.8 Å². The fourth-order valence-electron chi connectivity index (χ4n) is 2.49. The fourth-order valence-corrected chi connectivity index (χ4v) is 3.26. The van der Waals surface area contributed by atoms with Crippen molar-refractivity contribution in [1.82, 2.24) is 4.57 Å².